The molecule has 7 atom stereocenters. The fourth-order valence-electron chi connectivity index (χ4n) is 7.45. The summed E-state index contributed by atoms with van der Waals surface area (Å²) in [5.74, 6) is -4.21. The number of anilines is 1. The molecule has 2 unspecified atom stereocenters. The number of allylic oxidation sites excluding steroid dienone is 1. The highest BCUT2D eigenvalue weighted by atomic mass is 16.6. The number of rotatable bonds is 11. The lowest BCUT2D eigenvalue weighted by molar-refractivity contribution is -0.148. The quantitative estimate of drug-likeness (QED) is 0.0615. The number of carbonyl (C=O) groups excluding carboxylic acids is 6. The minimum atomic E-state index is -1.58. The van der Waals surface area contributed by atoms with Gasteiger partial charge in [0.1, 0.15) is 35.1 Å². The van der Waals surface area contributed by atoms with E-state index in [4.69, 9.17) is 23.7 Å². The molecule has 17 heteroatoms. The molecule has 4 aliphatic heterocycles. The van der Waals surface area contributed by atoms with Crippen LogP contribution in [0.2, 0.25) is 0 Å². The molecule has 0 aliphatic carbocycles. The Labute approximate surface area is 345 Å². The molecule has 0 saturated carbocycles. The summed E-state index contributed by atoms with van der Waals surface area (Å²) in [4.78, 5) is 78.1. The Bertz CT molecular complexity index is 2300. The topological polar surface area (TPSA) is 231 Å². The van der Waals surface area contributed by atoms with E-state index in [0.29, 0.717) is 23.4 Å². The number of hydrogen-bond acceptors (Lipinski definition) is 15. The molecule has 318 valence electrons. The van der Waals surface area contributed by atoms with Crippen LogP contribution in [-0.4, -0.2) is 114 Å². The van der Waals surface area contributed by atoms with Crippen LogP contribution in [0.4, 0.5) is 5.69 Å². The molecule has 5 N–H and O–H groups in total. The summed E-state index contributed by atoms with van der Waals surface area (Å²) in [5, 5.41) is 29.6. The van der Waals surface area contributed by atoms with E-state index in [0.717, 1.165) is 42.5 Å². The minimum absolute atomic E-state index is 0.0319. The largest absolute Gasteiger partial charge is 0.513 e. The number of para-hydroxylation sites is 1. The Hall–Kier alpha value is -6.46. The van der Waals surface area contributed by atoms with Gasteiger partial charge in [-0.15, -0.1) is 0 Å². The highest BCUT2D eigenvalue weighted by Crippen LogP contribution is 2.43. The van der Waals surface area contributed by atoms with Crippen molar-refractivity contribution in [1.82, 2.24) is 15.5 Å². The predicted octanol–water partition coefficient (Wildman–Crippen LogP) is 3.04. The maximum absolute atomic E-state index is 13.9. The van der Waals surface area contributed by atoms with Crippen LogP contribution in [0.5, 0.6) is 5.75 Å². The first-order valence-electron chi connectivity index (χ1n) is 19.2. The summed E-state index contributed by atoms with van der Waals surface area (Å²) in [5.41, 5.74) is 0.845. The van der Waals surface area contributed by atoms with Crippen LogP contribution in [-0.2, 0) is 42.9 Å². The Kier molecular flexibility index (Phi) is 12.5. The highest BCUT2D eigenvalue weighted by molar-refractivity contribution is 6.08. The molecule has 0 aromatic heterocycles. The molecule has 2 amide bonds. The van der Waals surface area contributed by atoms with E-state index in [1.54, 1.807) is 30.0 Å². The lowest BCUT2D eigenvalue weighted by atomic mass is 9.87. The molecule has 0 radical (unpaired) electrons. The number of ether oxygens (including phenoxy) is 5. The zero-order valence-electron chi connectivity index (χ0n) is 34.2. The monoisotopic (exact) mass is 828 g/mol. The van der Waals surface area contributed by atoms with Crippen LogP contribution in [0.15, 0.2) is 78.0 Å². The van der Waals surface area contributed by atoms with Gasteiger partial charge in [-0.25, -0.2) is 4.79 Å². The van der Waals surface area contributed by atoms with Crippen LogP contribution < -0.4 is 20.7 Å². The molecule has 60 heavy (non-hydrogen) atoms. The van der Waals surface area contributed by atoms with Gasteiger partial charge >= 0.3 is 17.9 Å². The number of benzene rings is 3. The molecule has 3 saturated heterocycles. The summed E-state index contributed by atoms with van der Waals surface area (Å²) >= 11 is 0. The van der Waals surface area contributed by atoms with E-state index in [-0.39, 0.29) is 36.3 Å². The number of ketones is 1. The van der Waals surface area contributed by atoms with Crippen molar-refractivity contribution in [2.75, 3.05) is 32.7 Å². The van der Waals surface area contributed by atoms with Gasteiger partial charge in [0.2, 0.25) is 6.10 Å². The van der Waals surface area contributed by atoms with Crippen molar-refractivity contribution in [3.63, 3.8) is 0 Å². The predicted molar refractivity (Wildman–Crippen MR) is 214 cm³/mol. The second-order valence-corrected chi connectivity index (χ2v) is 15.2. The van der Waals surface area contributed by atoms with Crippen LogP contribution in [0.25, 0.3) is 10.8 Å². The van der Waals surface area contributed by atoms with Crippen LogP contribution in [0.1, 0.15) is 61.5 Å². The van der Waals surface area contributed by atoms with Gasteiger partial charge in [-0.1, -0.05) is 36.4 Å². The SMILES string of the molecule is COC(=O)C1CC(C)Nc2ccccc21.COc1cc(C(=O)O[C@H](C(=O)N/C(C(=O)N/C(=C\O)C(C)=O)=C2\[C@@H](OC(C)=O)[C@H](O)[C@@H]3CN23)[C@]2(C)CO2)c2cccc(C)c2c1. The second-order valence-electron chi connectivity index (χ2n) is 15.2. The molecule has 3 aromatic rings. The fraction of sp³-hybridized carbons (Fsp3) is 0.395. The smallest absolute Gasteiger partial charge is 0.339 e. The number of amides is 2. The Morgan fingerprint density at radius 2 is 1.73 bits per heavy atom. The number of esters is 3. The number of piperidine rings is 1. The standard InChI is InChI=1S/C31H33N3O11.C12H15NO2/c1-14-7-6-8-18-19(14)9-17(42-5)10-20(18)30(41)45-27(31(4)13-43-31)29(40)33-23(28(39)32-21(12-35)15(2)36)24-26(44-16(3)37)25(38)22-11-34(22)24;1-8-7-10(12(14)15-2)9-5-3-4-6-11(9)13-8/h6-10,12,22,25-27,35,38H,11,13H2,1-5H3,(H,32,39)(H,33,40);3-6,8,10,13H,7H2,1-2H3/b21-12-,24-23+;/t22-,25+,26+,27+,31-,34?;/m0./s1. The average Bonchev–Trinajstić information content (AvgIpc) is 4.15. The number of aliphatic hydroxyl groups excluding tert-OH is 2. The third kappa shape index (κ3) is 8.91. The molecular weight excluding hydrogens is 780 g/mol. The van der Waals surface area contributed by atoms with E-state index in [2.05, 4.69) is 22.9 Å². The molecule has 0 bridgehead atoms. The number of fused-ring (bicyclic) bond motifs is 3. The second kappa shape index (κ2) is 17.4. The molecule has 3 aromatic carbocycles. The third-order valence-corrected chi connectivity index (χ3v) is 10.8. The van der Waals surface area contributed by atoms with Gasteiger partial charge in [0, 0.05) is 32.1 Å². The number of aliphatic hydroxyl groups is 2. The van der Waals surface area contributed by atoms with Gasteiger partial charge in [0.05, 0.1) is 44.0 Å². The van der Waals surface area contributed by atoms with Crippen molar-refractivity contribution in [2.45, 2.75) is 83.0 Å². The average molecular weight is 829 g/mol. The van der Waals surface area contributed by atoms with Gasteiger partial charge in [-0.2, -0.15) is 0 Å². The van der Waals surface area contributed by atoms with Gasteiger partial charge in [0.25, 0.3) is 11.8 Å². The van der Waals surface area contributed by atoms with Crippen molar-refractivity contribution in [3.8, 4) is 5.75 Å². The molecule has 17 nitrogen and oxygen atoms in total. The zero-order chi connectivity index (χ0) is 43.6. The van der Waals surface area contributed by atoms with Crippen molar-refractivity contribution >= 4 is 52.0 Å². The normalized spacial score (nSPS) is 24.8. The van der Waals surface area contributed by atoms with E-state index in [1.165, 1.54) is 20.3 Å². The van der Waals surface area contributed by atoms with E-state index < -0.39 is 70.9 Å². The van der Waals surface area contributed by atoms with E-state index in [9.17, 15) is 39.0 Å². The zero-order valence-corrected chi connectivity index (χ0v) is 34.2. The van der Waals surface area contributed by atoms with Crippen molar-refractivity contribution in [2.24, 2.45) is 0 Å². The lowest BCUT2D eigenvalue weighted by Gasteiger charge is -2.29. The molecule has 4 heterocycles. The fourth-order valence-corrected chi connectivity index (χ4v) is 7.45. The van der Waals surface area contributed by atoms with Crippen LogP contribution in [0, 0.1) is 6.92 Å². The number of methoxy groups -OCH3 is 2. The maximum Gasteiger partial charge on any atom is 0.339 e. The summed E-state index contributed by atoms with van der Waals surface area (Å²) in [6.45, 7) is 8.06. The molecule has 3 fully saturated rings. The van der Waals surface area contributed by atoms with Crippen molar-refractivity contribution in [3.05, 3.63) is 94.6 Å². The number of carbonyl (C=O) groups is 6. The molecule has 0 spiro atoms. The van der Waals surface area contributed by atoms with Gasteiger partial charge in [-0.3, -0.25) is 24.0 Å². The third-order valence-electron chi connectivity index (χ3n) is 10.8. The molecular formula is C43H48N4O13. The Morgan fingerprint density at radius 3 is 2.37 bits per heavy atom. The van der Waals surface area contributed by atoms with E-state index in [1.807, 2.05) is 37.3 Å². The number of hydrogen-bond donors (Lipinski definition) is 5. The Morgan fingerprint density at radius 1 is 1.02 bits per heavy atom. The van der Waals surface area contributed by atoms with Crippen molar-refractivity contribution in [1.29, 1.82) is 0 Å². The van der Waals surface area contributed by atoms with Gasteiger partial charge in [-0.05, 0) is 67.3 Å². The first-order chi connectivity index (χ1) is 28.5. The van der Waals surface area contributed by atoms with Gasteiger partial charge < -0.3 is 54.7 Å². The summed E-state index contributed by atoms with van der Waals surface area (Å²) < 4.78 is 26.8. The summed E-state index contributed by atoms with van der Waals surface area (Å²) in [7, 11) is 2.90. The van der Waals surface area contributed by atoms with Gasteiger partial charge in [0.15, 0.2) is 11.9 Å². The summed E-state index contributed by atoms with van der Waals surface area (Å²) in [6, 6.07) is 16.4. The van der Waals surface area contributed by atoms with Crippen LogP contribution >= 0.6 is 0 Å². The number of epoxide rings is 1. The number of Topliss-reactive ketones (excluding diaryl/α,β-unsaturated/α-hetero) is 1. The lowest BCUT2D eigenvalue weighted by Crippen LogP contribution is -2.49. The summed E-state index contributed by atoms with van der Waals surface area (Å²) in [6.07, 6.45) is -2.94. The van der Waals surface area contributed by atoms with E-state index >= 15 is 0 Å². The number of nitrogens with one attached hydrogen (secondary N) is 3. The molecule has 4 aliphatic rings. The Balaban J connectivity index is 0.000000336. The highest BCUT2D eigenvalue weighted by Gasteiger charge is 2.59. The maximum atomic E-state index is 13.9. The number of nitrogens with zero attached hydrogens (tertiary/aromatic N) is 1. The number of aryl methyl sites for hydroxylation is 1. The van der Waals surface area contributed by atoms with Crippen LogP contribution in [0.3, 0.4) is 0 Å². The first kappa shape index (κ1) is 43.1. The van der Waals surface area contributed by atoms with Crippen molar-refractivity contribution < 1.29 is 62.7 Å². The molecule has 7 rings (SSSR count). The first-order valence-corrected chi connectivity index (χ1v) is 19.2. The minimum Gasteiger partial charge on any atom is -0.513 e.